The first kappa shape index (κ1) is 13.3. The molecule has 0 radical (unpaired) electrons. The zero-order chi connectivity index (χ0) is 13.2. The zero-order valence-electron chi connectivity index (χ0n) is 9.42. The molecule has 6 heteroatoms. The number of aryl methyl sites for hydroxylation is 1. The van der Waals surface area contributed by atoms with Gasteiger partial charge in [0.2, 0.25) is 0 Å². The second-order valence-electron chi connectivity index (χ2n) is 3.88. The van der Waals surface area contributed by atoms with Crippen molar-refractivity contribution in [3.8, 4) is 5.75 Å². The highest BCUT2D eigenvalue weighted by atomic mass is 32.2. The minimum Gasteiger partial charge on any atom is -0.493 e. The Balaban J connectivity index is 1.86. The van der Waals surface area contributed by atoms with Crippen molar-refractivity contribution in [1.29, 1.82) is 0 Å². The Labute approximate surface area is 107 Å². The fourth-order valence-corrected chi connectivity index (χ4v) is 2.24. The first-order chi connectivity index (χ1) is 8.46. The SMILES string of the molecule is O=C1CCc2cc(OCCSC(F)(F)F)ccc21. The molecule has 2 rings (SSSR count). The number of rotatable bonds is 4. The normalized spacial score (nSPS) is 14.7. The van der Waals surface area contributed by atoms with Gasteiger partial charge in [-0.3, -0.25) is 4.79 Å². The summed E-state index contributed by atoms with van der Waals surface area (Å²) in [5, 5.41) is 0. The number of carbonyl (C=O) groups is 1. The second-order valence-corrected chi connectivity index (χ2v) is 5.04. The maximum absolute atomic E-state index is 11.9. The van der Waals surface area contributed by atoms with Crippen LogP contribution in [0.4, 0.5) is 13.2 Å². The van der Waals surface area contributed by atoms with Crippen LogP contribution in [0.2, 0.25) is 0 Å². The summed E-state index contributed by atoms with van der Waals surface area (Å²) in [4.78, 5) is 11.4. The predicted molar refractivity (Wildman–Crippen MR) is 63.1 cm³/mol. The number of hydrogen-bond acceptors (Lipinski definition) is 3. The molecule has 0 aromatic heterocycles. The number of benzene rings is 1. The maximum Gasteiger partial charge on any atom is 0.441 e. The molecular formula is C12H11F3O2S. The Morgan fingerprint density at radius 3 is 2.78 bits per heavy atom. The predicted octanol–water partition coefficient (Wildman–Crippen LogP) is 3.45. The Morgan fingerprint density at radius 2 is 2.06 bits per heavy atom. The molecule has 0 spiro atoms. The molecule has 1 aliphatic carbocycles. The van der Waals surface area contributed by atoms with Crippen LogP contribution < -0.4 is 4.74 Å². The largest absolute Gasteiger partial charge is 0.493 e. The standard InChI is InChI=1S/C12H11F3O2S/c13-12(14,15)18-6-5-17-9-2-3-10-8(7-9)1-4-11(10)16/h2-3,7H,1,4-6H2. The lowest BCUT2D eigenvalue weighted by molar-refractivity contribution is -0.0329. The number of fused-ring (bicyclic) bond motifs is 1. The van der Waals surface area contributed by atoms with Gasteiger partial charge < -0.3 is 4.74 Å². The lowest BCUT2D eigenvalue weighted by atomic mass is 10.1. The number of carbonyl (C=O) groups excluding carboxylic acids is 1. The van der Waals surface area contributed by atoms with E-state index in [2.05, 4.69) is 0 Å². The zero-order valence-corrected chi connectivity index (χ0v) is 10.2. The second kappa shape index (κ2) is 5.22. The molecule has 0 fully saturated rings. The molecule has 0 saturated carbocycles. The number of halogens is 3. The Morgan fingerprint density at radius 1 is 1.28 bits per heavy atom. The number of ether oxygens (including phenoxy) is 1. The molecule has 0 heterocycles. The third-order valence-electron chi connectivity index (χ3n) is 2.62. The van der Waals surface area contributed by atoms with Crippen molar-refractivity contribution in [3.63, 3.8) is 0 Å². The summed E-state index contributed by atoms with van der Waals surface area (Å²) in [6.07, 6.45) is 1.19. The minimum absolute atomic E-state index is 0.00307. The molecule has 0 amide bonds. The summed E-state index contributed by atoms with van der Waals surface area (Å²) in [6.45, 7) is -0.00307. The number of ketones is 1. The van der Waals surface area contributed by atoms with Gasteiger partial charge in [0.15, 0.2) is 5.78 Å². The number of thioether (sulfide) groups is 1. The van der Waals surface area contributed by atoms with Crippen molar-refractivity contribution < 1.29 is 22.7 Å². The summed E-state index contributed by atoms with van der Waals surface area (Å²) in [7, 11) is 0. The first-order valence-electron chi connectivity index (χ1n) is 5.45. The lowest BCUT2D eigenvalue weighted by Gasteiger charge is -2.08. The average molecular weight is 276 g/mol. The molecule has 2 nitrogen and oxygen atoms in total. The van der Waals surface area contributed by atoms with E-state index in [4.69, 9.17) is 4.74 Å². The summed E-state index contributed by atoms with van der Waals surface area (Å²) in [5.41, 5.74) is -2.60. The van der Waals surface area contributed by atoms with Crippen LogP contribution in [0.25, 0.3) is 0 Å². The van der Waals surface area contributed by atoms with Crippen molar-refractivity contribution in [2.75, 3.05) is 12.4 Å². The van der Waals surface area contributed by atoms with E-state index in [1.54, 1.807) is 18.2 Å². The van der Waals surface area contributed by atoms with Gasteiger partial charge in [-0.15, -0.1) is 0 Å². The van der Waals surface area contributed by atoms with Crippen LogP contribution >= 0.6 is 11.8 Å². The monoisotopic (exact) mass is 276 g/mol. The summed E-state index contributed by atoms with van der Waals surface area (Å²) >= 11 is -0.100. The van der Waals surface area contributed by atoms with Gasteiger partial charge in [0.25, 0.3) is 0 Å². The average Bonchev–Trinajstić information content (AvgIpc) is 2.65. The molecular weight excluding hydrogens is 265 g/mol. The maximum atomic E-state index is 11.9. The van der Waals surface area contributed by atoms with Crippen LogP contribution in [0.3, 0.4) is 0 Å². The van der Waals surface area contributed by atoms with E-state index in [1.807, 2.05) is 0 Å². The van der Waals surface area contributed by atoms with Crippen LogP contribution in [0.5, 0.6) is 5.75 Å². The minimum atomic E-state index is -4.21. The van der Waals surface area contributed by atoms with Gasteiger partial charge in [-0.25, -0.2) is 0 Å². The van der Waals surface area contributed by atoms with Gasteiger partial charge in [-0.05, 0) is 41.9 Å². The van der Waals surface area contributed by atoms with Crippen molar-refractivity contribution in [2.24, 2.45) is 0 Å². The fourth-order valence-electron chi connectivity index (χ4n) is 1.84. The van der Waals surface area contributed by atoms with E-state index in [-0.39, 0.29) is 29.9 Å². The summed E-state index contributed by atoms with van der Waals surface area (Å²) in [5.74, 6) is 0.495. The third kappa shape index (κ3) is 3.41. The van der Waals surface area contributed by atoms with E-state index < -0.39 is 5.51 Å². The van der Waals surface area contributed by atoms with Crippen LogP contribution in [0, 0.1) is 0 Å². The first-order valence-corrected chi connectivity index (χ1v) is 6.44. The lowest BCUT2D eigenvalue weighted by Crippen LogP contribution is -2.07. The van der Waals surface area contributed by atoms with Gasteiger partial charge in [0.1, 0.15) is 5.75 Å². The van der Waals surface area contributed by atoms with Crippen LogP contribution in [0.15, 0.2) is 18.2 Å². The Bertz CT molecular complexity index is 457. The molecule has 0 N–H and O–H groups in total. The highest BCUT2D eigenvalue weighted by Crippen LogP contribution is 2.30. The van der Waals surface area contributed by atoms with Crippen LogP contribution in [-0.4, -0.2) is 23.7 Å². The third-order valence-corrected chi connectivity index (χ3v) is 3.31. The number of alkyl halides is 3. The fraction of sp³-hybridized carbons (Fsp3) is 0.417. The van der Waals surface area contributed by atoms with Gasteiger partial charge in [0.05, 0.1) is 6.61 Å². The van der Waals surface area contributed by atoms with E-state index in [1.165, 1.54) is 0 Å². The summed E-state index contributed by atoms with van der Waals surface area (Å²) in [6, 6.07) is 5.04. The Hall–Kier alpha value is -1.17. The highest BCUT2D eigenvalue weighted by molar-refractivity contribution is 8.00. The van der Waals surface area contributed by atoms with Crippen LogP contribution in [0.1, 0.15) is 22.3 Å². The van der Waals surface area contributed by atoms with Gasteiger partial charge in [-0.2, -0.15) is 13.2 Å². The molecule has 0 aliphatic heterocycles. The van der Waals surface area contributed by atoms with E-state index in [0.717, 1.165) is 5.56 Å². The molecule has 0 unspecified atom stereocenters. The van der Waals surface area contributed by atoms with E-state index in [0.29, 0.717) is 24.2 Å². The molecule has 0 bridgehead atoms. The number of hydrogen-bond donors (Lipinski definition) is 0. The van der Waals surface area contributed by atoms with E-state index >= 15 is 0 Å². The van der Waals surface area contributed by atoms with Crippen LogP contribution in [-0.2, 0) is 6.42 Å². The van der Waals surface area contributed by atoms with E-state index in [9.17, 15) is 18.0 Å². The molecule has 0 saturated heterocycles. The smallest absolute Gasteiger partial charge is 0.441 e. The highest BCUT2D eigenvalue weighted by Gasteiger charge is 2.27. The Kier molecular flexibility index (Phi) is 3.85. The molecule has 1 aliphatic rings. The van der Waals surface area contributed by atoms with Crippen molar-refractivity contribution in [2.45, 2.75) is 18.3 Å². The quantitative estimate of drug-likeness (QED) is 0.788. The van der Waals surface area contributed by atoms with Gasteiger partial charge in [-0.1, -0.05) is 0 Å². The van der Waals surface area contributed by atoms with Gasteiger partial charge >= 0.3 is 5.51 Å². The van der Waals surface area contributed by atoms with Crippen molar-refractivity contribution in [1.82, 2.24) is 0 Å². The van der Waals surface area contributed by atoms with Crippen molar-refractivity contribution in [3.05, 3.63) is 29.3 Å². The summed E-state index contributed by atoms with van der Waals surface area (Å²) < 4.78 is 40.9. The topological polar surface area (TPSA) is 26.3 Å². The molecule has 18 heavy (non-hydrogen) atoms. The molecule has 1 aromatic carbocycles. The van der Waals surface area contributed by atoms with Gasteiger partial charge in [0, 0.05) is 17.7 Å². The number of Topliss-reactive ketones (excluding diaryl/α,β-unsaturated/α-hetero) is 1. The molecule has 98 valence electrons. The molecule has 1 aromatic rings. The molecule has 0 atom stereocenters. The van der Waals surface area contributed by atoms with Crippen molar-refractivity contribution >= 4 is 17.5 Å².